The molecule has 0 unspecified atom stereocenters. The molecule has 1 N–H and O–H groups in total. The summed E-state index contributed by atoms with van der Waals surface area (Å²) >= 11 is 0. The average Bonchev–Trinajstić information content (AvgIpc) is 2.43. The van der Waals surface area contributed by atoms with Crippen LogP contribution in [0.25, 0.3) is 0 Å². The molecular weight excluding hydrogens is 194 g/mol. The van der Waals surface area contributed by atoms with Gasteiger partial charge in [0.25, 0.3) is 0 Å². The standard InChI is InChI=1S/C11H17NO3/c1-5-8-6-12(7-9(8)13)10(14)15-11(2,3)4/h1,8-9,13H,6-7H2,2-4H3/t8-,9+/m1/s1. The molecule has 1 rings (SSSR count). The monoisotopic (exact) mass is 211 g/mol. The van der Waals surface area contributed by atoms with E-state index in [1.165, 1.54) is 4.90 Å². The zero-order chi connectivity index (χ0) is 11.6. The van der Waals surface area contributed by atoms with E-state index in [1.54, 1.807) is 20.8 Å². The third-order valence-electron chi connectivity index (χ3n) is 2.15. The number of carbonyl (C=O) groups is 1. The molecule has 15 heavy (non-hydrogen) atoms. The second-order valence-corrected chi connectivity index (χ2v) is 4.73. The molecule has 1 heterocycles. The molecule has 0 saturated carbocycles. The molecule has 1 aliphatic heterocycles. The maximum atomic E-state index is 11.6. The number of likely N-dealkylation sites (tertiary alicyclic amines) is 1. The largest absolute Gasteiger partial charge is 0.444 e. The predicted molar refractivity (Wildman–Crippen MR) is 56.1 cm³/mol. The first-order valence-electron chi connectivity index (χ1n) is 4.95. The van der Waals surface area contributed by atoms with Crippen molar-refractivity contribution in [1.82, 2.24) is 4.90 Å². The van der Waals surface area contributed by atoms with Gasteiger partial charge in [-0.05, 0) is 20.8 Å². The van der Waals surface area contributed by atoms with Gasteiger partial charge in [-0.2, -0.15) is 0 Å². The van der Waals surface area contributed by atoms with Gasteiger partial charge in [0.1, 0.15) is 5.60 Å². The van der Waals surface area contributed by atoms with Gasteiger partial charge in [0.15, 0.2) is 0 Å². The smallest absolute Gasteiger partial charge is 0.410 e. The highest BCUT2D eigenvalue weighted by molar-refractivity contribution is 5.68. The number of rotatable bonds is 0. The lowest BCUT2D eigenvalue weighted by Crippen LogP contribution is -2.35. The lowest BCUT2D eigenvalue weighted by Gasteiger charge is -2.24. The molecule has 0 aromatic carbocycles. The van der Waals surface area contributed by atoms with Crippen molar-refractivity contribution in [3.05, 3.63) is 0 Å². The summed E-state index contributed by atoms with van der Waals surface area (Å²) in [6.45, 7) is 6.03. The Balaban J connectivity index is 2.54. The Bertz CT molecular complexity index is 287. The number of ether oxygens (including phenoxy) is 1. The zero-order valence-electron chi connectivity index (χ0n) is 9.36. The summed E-state index contributed by atoms with van der Waals surface area (Å²) in [5.74, 6) is 2.18. The van der Waals surface area contributed by atoms with E-state index in [0.29, 0.717) is 6.54 Å². The number of terminal acetylenes is 1. The first-order valence-corrected chi connectivity index (χ1v) is 4.95. The molecule has 1 fully saturated rings. The van der Waals surface area contributed by atoms with Gasteiger partial charge in [-0.1, -0.05) is 5.92 Å². The van der Waals surface area contributed by atoms with Crippen LogP contribution in [0.3, 0.4) is 0 Å². The Hall–Kier alpha value is -1.21. The van der Waals surface area contributed by atoms with Crippen molar-refractivity contribution < 1.29 is 14.6 Å². The van der Waals surface area contributed by atoms with Gasteiger partial charge in [0.2, 0.25) is 0 Å². The second kappa shape index (κ2) is 4.11. The van der Waals surface area contributed by atoms with Crippen LogP contribution in [0.5, 0.6) is 0 Å². The van der Waals surface area contributed by atoms with Crippen LogP contribution < -0.4 is 0 Å². The number of β-amino-alcohol motifs (C(OH)–C–C–N with tert-alkyl or cyclic N) is 1. The summed E-state index contributed by atoms with van der Waals surface area (Å²) in [7, 11) is 0. The van der Waals surface area contributed by atoms with Crippen LogP contribution >= 0.6 is 0 Å². The second-order valence-electron chi connectivity index (χ2n) is 4.73. The minimum Gasteiger partial charge on any atom is -0.444 e. The van der Waals surface area contributed by atoms with Gasteiger partial charge in [-0.25, -0.2) is 4.79 Å². The van der Waals surface area contributed by atoms with E-state index in [0.717, 1.165) is 0 Å². The summed E-state index contributed by atoms with van der Waals surface area (Å²) in [5, 5.41) is 9.51. The predicted octanol–water partition coefficient (Wildman–Crippen LogP) is 0.847. The molecular formula is C11H17NO3. The van der Waals surface area contributed by atoms with E-state index < -0.39 is 17.8 Å². The Labute approximate surface area is 90.2 Å². The van der Waals surface area contributed by atoms with Crippen molar-refractivity contribution in [2.24, 2.45) is 5.92 Å². The van der Waals surface area contributed by atoms with E-state index in [9.17, 15) is 9.90 Å². The molecule has 4 nitrogen and oxygen atoms in total. The van der Waals surface area contributed by atoms with Crippen LogP contribution in [0, 0.1) is 18.3 Å². The number of nitrogens with zero attached hydrogens (tertiary/aromatic N) is 1. The van der Waals surface area contributed by atoms with Gasteiger partial charge in [-0.3, -0.25) is 0 Å². The number of aliphatic hydroxyl groups is 1. The molecule has 4 heteroatoms. The Morgan fingerprint density at radius 3 is 2.53 bits per heavy atom. The Morgan fingerprint density at radius 1 is 1.53 bits per heavy atom. The van der Waals surface area contributed by atoms with E-state index >= 15 is 0 Å². The van der Waals surface area contributed by atoms with Crippen molar-refractivity contribution >= 4 is 6.09 Å². The topological polar surface area (TPSA) is 49.8 Å². The first kappa shape index (κ1) is 11.9. The maximum absolute atomic E-state index is 11.6. The average molecular weight is 211 g/mol. The van der Waals surface area contributed by atoms with Crippen LogP contribution in [0.15, 0.2) is 0 Å². The fourth-order valence-electron chi connectivity index (χ4n) is 1.43. The van der Waals surface area contributed by atoms with Crippen LogP contribution in [0.4, 0.5) is 4.79 Å². The minimum absolute atomic E-state index is 0.254. The Morgan fingerprint density at radius 2 is 2.13 bits per heavy atom. The van der Waals surface area contributed by atoms with Crippen molar-refractivity contribution in [2.75, 3.05) is 13.1 Å². The molecule has 2 atom stereocenters. The fourth-order valence-corrected chi connectivity index (χ4v) is 1.43. The molecule has 0 bridgehead atoms. The highest BCUT2D eigenvalue weighted by Crippen LogP contribution is 2.19. The minimum atomic E-state index is -0.637. The van der Waals surface area contributed by atoms with Gasteiger partial charge in [0, 0.05) is 6.54 Å². The fraction of sp³-hybridized carbons (Fsp3) is 0.727. The number of carbonyl (C=O) groups excluding carboxylic acids is 1. The van der Waals surface area contributed by atoms with Crippen LogP contribution in [0.2, 0.25) is 0 Å². The van der Waals surface area contributed by atoms with Crippen LogP contribution in [0.1, 0.15) is 20.8 Å². The molecule has 1 saturated heterocycles. The number of hydrogen-bond donors (Lipinski definition) is 1. The summed E-state index contributed by atoms with van der Waals surface area (Å²) < 4.78 is 5.17. The lowest BCUT2D eigenvalue weighted by molar-refractivity contribution is 0.0270. The van der Waals surface area contributed by atoms with E-state index in [-0.39, 0.29) is 12.5 Å². The normalized spacial score (nSPS) is 26.2. The SMILES string of the molecule is C#C[C@@H]1CN(C(=O)OC(C)(C)C)C[C@@H]1O. The van der Waals surface area contributed by atoms with Crippen molar-refractivity contribution in [3.63, 3.8) is 0 Å². The lowest BCUT2D eigenvalue weighted by atomic mass is 10.1. The molecule has 0 aliphatic carbocycles. The van der Waals surface area contributed by atoms with E-state index in [4.69, 9.17) is 11.2 Å². The summed E-state index contributed by atoms with van der Waals surface area (Å²) in [4.78, 5) is 13.0. The Kier molecular flexibility index (Phi) is 3.25. The van der Waals surface area contributed by atoms with Crippen LogP contribution in [-0.4, -0.2) is 40.9 Å². The van der Waals surface area contributed by atoms with Crippen molar-refractivity contribution in [3.8, 4) is 12.3 Å². The maximum Gasteiger partial charge on any atom is 0.410 e. The quantitative estimate of drug-likeness (QED) is 0.604. The summed E-state index contributed by atoms with van der Waals surface area (Å²) in [6.07, 6.45) is 4.17. The van der Waals surface area contributed by atoms with Crippen LogP contribution in [-0.2, 0) is 4.74 Å². The van der Waals surface area contributed by atoms with Gasteiger partial charge in [-0.15, -0.1) is 6.42 Å². The molecule has 1 amide bonds. The first-order chi connectivity index (χ1) is 6.83. The number of hydrogen-bond acceptors (Lipinski definition) is 3. The summed E-state index contributed by atoms with van der Waals surface area (Å²) in [6, 6.07) is 0. The van der Waals surface area contributed by atoms with Gasteiger partial charge in [0.05, 0.1) is 18.6 Å². The molecule has 0 spiro atoms. The third-order valence-corrected chi connectivity index (χ3v) is 2.15. The van der Waals surface area contributed by atoms with E-state index in [2.05, 4.69) is 5.92 Å². The summed E-state index contributed by atoms with van der Waals surface area (Å²) in [5.41, 5.74) is -0.518. The number of aliphatic hydroxyl groups excluding tert-OH is 1. The van der Waals surface area contributed by atoms with E-state index in [1.807, 2.05) is 0 Å². The molecule has 0 aromatic heterocycles. The van der Waals surface area contributed by atoms with Crippen molar-refractivity contribution in [1.29, 1.82) is 0 Å². The highest BCUT2D eigenvalue weighted by atomic mass is 16.6. The molecule has 1 aliphatic rings. The molecule has 0 radical (unpaired) electrons. The molecule has 0 aromatic rings. The van der Waals surface area contributed by atoms with Gasteiger partial charge < -0.3 is 14.7 Å². The highest BCUT2D eigenvalue weighted by Gasteiger charge is 2.34. The van der Waals surface area contributed by atoms with Crippen molar-refractivity contribution in [2.45, 2.75) is 32.5 Å². The third kappa shape index (κ3) is 3.14. The zero-order valence-corrected chi connectivity index (χ0v) is 9.36. The number of amides is 1. The van der Waals surface area contributed by atoms with Gasteiger partial charge >= 0.3 is 6.09 Å². The molecule has 84 valence electrons.